The summed E-state index contributed by atoms with van der Waals surface area (Å²) in [5.41, 5.74) is 0.569. The van der Waals surface area contributed by atoms with Crippen molar-refractivity contribution in [3.8, 4) is 0 Å². The van der Waals surface area contributed by atoms with Crippen LogP contribution in [0.1, 0.15) is 13.3 Å². The van der Waals surface area contributed by atoms with Gasteiger partial charge in [-0.25, -0.2) is 0 Å². The van der Waals surface area contributed by atoms with Crippen LogP contribution in [0.2, 0.25) is 0 Å². The summed E-state index contributed by atoms with van der Waals surface area (Å²) in [7, 11) is 4.03. The van der Waals surface area contributed by atoms with Crippen LogP contribution < -0.4 is 5.32 Å². The van der Waals surface area contributed by atoms with E-state index in [0.29, 0.717) is 5.57 Å². The Morgan fingerprint density at radius 2 is 2.00 bits per heavy atom. The third kappa shape index (κ3) is 18.2. The molecule has 0 aliphatic carbocycles. The van der Waals surface area contributed by atoms with Crippen LogP contribution in [0.15, 0.2) is 12.2 Å². The minimum absolute atomic E-state index is 0.0474. The number of nitrogens with one attached hydrogen (secondary N) is 1. The van der Waals surface area contributed by atoms with E-state index in [1.54, 1.807) is 6.92 Å². The van der Waals surface area contributed by atoms with Crippen LogP contribution in [0.5, 0.6) is 0 Å². The maximum absolute atomic E-state index is 11.0. The molecule has 0 atom stereocenters. The van der Waals surface area contributed by atoms with Crippen LogP contribution in [0, 0.1) is 10.1 Å². The molecule has 0 rings (SSSR count). The van der Waals surface area contributed by atoms with E-state index in [2.05, 4.69) is 16.8 Å². The van der Waals surface area contributed by atoms with Gasteiger partial charge in [-0.15, -0.1) is 10.1 Å². The minimum atomic E-state index is -1.50. The van der Waals surface area contributed by atoms with Gasteiger partial charge in [-0.05, 0) is 34.0 Å². The first-order chi connectivity index (χ1) is 7.27. The number of carbonyl (C=O) groups is 1. The molecule has 94 valence electrons. The highest BCUT2D eigenvalue weighted by Gasteiger charge is 1.99. The van der Waals surface area contributed by atoms with E-state index in [0.717, 1.165) is 19.5 Å². The van der Waals surface area contributed by atoms with Crippen molar-refractivity contribution in [3.63, 3.8) is 0 Å². The van der Waals surface area contributed by atoms with Gasteiger partial charge in [0.15, 0.2) is 0 Å². The second-order valence-corrected chi connectivity index (χ2v) is 3.43. The van der Waals surface area contributed by atoms with Gasteiger partial charge in [-0.3, -0.25) is 4.79 Å². The smallest absolute Gasteiger partial charge is 0.291 e. The molecule has 7 heteroatoms. The van der Waals surface area contributed by atoms with Crippen molar-refractivity contribution in [2.75, 3.05) is 27.2 Å². The Bertz CT molecular complexity index is 237. The minimum Gasteiger partial charge on any atom is -0.352 e. The van der Waals surface area contributed by atoms with Gasteiger partial charge in [-0.2, -0.15) is 0 Å². The van der Waals surface area contributed by atoms with Crippen molar-refractivity contribution in [1.82, 2.24) is 10.2 Å². The standard InChI is InChI=1S/C9H18N2O.HNO3/c1-8(2)9(12)10-6-5-7-11(3)4;2-1(3)4/h1,5-7H2,2-4H3,(H,10,12);(H,2,3,4). The van der Waals surface area contributed by atoms with E-state index < -0.39 is 5.09 Å². The molecule has 0 aliphatic rings. The quantitative estimate of drug-likeness (QED) is 0.308. The molecule has 0 saturated heterocycles. The Morgan fingerprint density at radius 3 is 2.31 bits per heavy atom. The van der Waals surface area contributed by atoms with E-state index in [9.17, 15) is 4.79 Å². The molecule has 0 aliphatic heterocycles. The lowest BCUT2D eigenvalue weighted by Crippen LogP contribution is -2.27. The second kappa shape index (κ2) is 9.91. The summed E-state index contributed by atoms with van der Waals surface area (Å²) in [6.45, 7) is 6.98. The molecule has 0 radical (unpaired) electrons. The molecule has 0 bridgehead atoms. The molecule has 0 heterocycles. The summed E-state index contributed by atoms with van der Waals surface area (Å²) >= 11 is 0. The molecular formula is C9H19N3O4. The van der Waals surface area contributed by atoms with E-state index in [-0.39, 0.29) is 5.91 Å². The summed E-state index contributed by atoms with van der Waals surface area (Å²) in [4.78, 5) is 21.4. The van der Waals surface area contributed by atoms with Crippen LogP contribution in [0.3, 0.4) is 0 Å². The highest BCUT2D eigenvalue weighted by molar-refractivity contribution is 5.91. The average molecular weight is 233 g/mol. The molecule has 1 amide bonds. The first-order valence-electron chi connectivity index (χ1n) is 4.69. The SMILES string of the molecule is C=C(C)C(=O)NCCCN(C)C.O=[N+]([O-])O. The zero-order valence-corrected chi connectivity index (χ0v) is 9.89. The molecular weight excluding hydrogens is 214 g/mol. The number of rotatable bonds is 5. The number of carbonyl (C=O) groups excluding carboxylic acids is 1. The molecule has 0 aromatic carbocycles. The van der Waals surface area contributed by atoms with Crippen molar-refractivity contribution < 1.29 is 15.1 Å². The number of nitrogens with zero attached hydrogens (tertiary/aromatic N) is 2. The van der Waals surface area contributed by atoms with Gasteiger partial charge >= 0.3 is 0 Å². The second-order valence-electron chi connectivity index (χ2n) is 3.43. The zero-order chi connectivity index (χ0) is 13.1. The normalized spacial score (nSPS) is 9.00. The summed E-state index contributed by atoms with van der Waals surface area (Å²) in [5, 5.41) is 16.4. The van der Waals surface area contributed by atoms with Crippen molar-refractivity contribution >= 4 is 5.91 Å². The number of hydrogen-bond acceptors (Lipinski definition) is 4. The third-order valence-corrected chi connectivity index (χ3v) is 1.46. The van der Waals surface area contributed by atoms with Crippen LogP contribution in [0.4, 0.5) is 0 Å². The fourth-order valence-electron chi connectivity index (χ4n) is 0.748. The van der Waals surface area contributed by atoms with E-state index in [1.165, 1.54) is 0 Å². The Morgan fingerprint density at radius 1 is 1.56 bits per heavy atom. The van der Waals surface area contributed by atoms with Crippen LogP contribution in [-0.2, 0) is 4.79 Å². The predicted molar refractivity (Wildman–Crippen MR) is 59.8 cm³/mol. The van der Waals surface area contributed by atoms with E-state index in [1.807, 2.05) is 14.1 Å². The third-order valence-electron chi connectivity index (χ3n) is 1.46. The Labute approximate surface area is 94.8 Å². The molecule has 0 saturated carbocycles. The first-order valence-corrected chi connectivity index (χ1v) is 4.69. The Kier molecular flexibility index (Phi) is 10.4. The van der Waals surface area contributed by atoms with Crippen LogP contribution >= 0.6 is 0 Å². The molecule has 0 aromatic rings. The van der Waals surface area contributed by atoms with E-state index in [4.69, 9.17) is 15.3 Å². The van der Waals surface area contributed by atoms with E-state index >= 15 is 0 Å². The highest BCUT2D eigenvalue weighted by atomic mass is 16.9. The summed E-state index contributed by atoms with van der Waals surface area (Å²) in [6.07, 6.45) is 0.978. The average Bonchev–Trinajstić information content (AvgIpc) is 2.10. The van der Waals surface area contributed by atoms with Crippen molar-refractivity contribution in [2.45, 2.75) is 13.3 Å². The maximum Gasteiger partial charge on any atom is 0.291 e. The van der Waals surface area contributed by atoms with Gasteiger partial charge in [0.05, 0.1) is 0 Å². The number of amides is 1. The molecule has 0 fully saturated rings. The Hall–Kier alpha value is -1.63. The molecule has 0 unspecified atom stereocenters. The lowest BCUT2D eigenvalue weighted by Gasteiger charge is -2.09. The topological polar surface area (TPSA) is 95.7 Å². The summed E-state index contributed by atoms with van der Waals surface area (Å²) < 4.78 is 0. The first kappa shape index (κ1) is 16.8. The lowest BCUT2D eigenvalue weighted by atomic mass is 10.3. The molecule has 16 heavy (non-hydrogen) atoms. The maximum atomic E-state index is 11.0. The van der Waals surface area contributed by atoms with Crippen LogP contribution in [-0.4, -0.2) is 48.3 Å². The van der Waals surface area contributed by atoms with Gasteiger partial charge in [0.2, 0.25) is 5.91 Å². The molecule has 0 aromatic heterocycles. The molecule has 0 spiro atoms. The van der Waals surface area contributed by atoms with Gasteiger partial charge in [0, 0.05) is 12.1 Å². The molecule has 7 nitrogen and oxygen atoms in total. The lowest BCUT2D eigenvalue weighted by molar-refractivity contribution is -0.742. The zero-order valence-electron chi connectivity index (χ0n) is 9.89. The number of hydrogen-bond donors (Lipinski definition) is 2. The Balaban J connectivity index is 0. The van der Waals surface area contributed by atoms with Crippen LogP contribution in [0.25, 0.3) is 0 Å². The van der Waals surface area contributed by atoms with Crippen molar-refractivity contribution in [3.05, 3.63) is 22.3 Å². The van der Waals surface area contributed by atoms with Gasteiger partial charge < -0.3 is 15.4 Å². The predicted octanol–water partition coefficient (Wildman–Crippen LogP) is 0.283. The fourth-order valence-corrected chi connectivity index (χ4v) is 0.748. The summed E-state index contributed by atoms with van der Waals surface area (Å²) in [6, 6.07) is 0. The van der Waals surface area contributed by atoms with Gasteiger partial charge in [0.25, 0.3) is 5.09 Å². The highest BCUT2D eigenvalue weighted by Crippen LogP contribution is 1.86. The van der Waals surface area contributed by atoms with Crippen molar-refractivity contribution in [1.29, 1.82) is 0 Å². The largest absolute Gasteiger partial charge is 0.352 e. The fraction of sp³-hybridized carbons (Fsp3) is 0.667. The summed E-state index contributed by atoms with van der Waals surface area (Å²) in [5.74, 6) is -0.0474. The van der Waals surface area contributed by atoms with Gasteiger partial charge in [0.1, 0.15) is 0 Å². The van der Waals surface area contributed by atoms with Gasteiger partial charge in [-0.1, -0.05) is 6.58 Å². The monoisotopic (exact) mass is 233 g/mol. The molecule has 2 N–H and O–H groups in total. The van der Waals surface area contributed by atoms with Crippen molar-refractivity contribution in [2.24, 2.45) is 0 Å².